The molecule has 0 spiro atoms. The van der Waals surface area contributed by atoms with Gasteiger partial charge in [0.2, 0.25) is 0 Å². The van der Waals surface area contributed by atoms with Crippen molar-refractivity contribution in [2.24, 2.45) is 17.8 Å². The second kappa shape index (κ2) is 9.23. The van der Waals surface area contributed by atoms with E-state index in [1.807, 2.05) is 24.3 Å². The van der Waals surface area contributed by atoms with E-state index in [1.54, 1.807) is 0 Å². The zero-order chi connectivity index (χ0) is 19.2. The lowest BCUT2D eigenvalue weighted by atomic mass is 9.89. The quantitative estimate of drug-likeness (QED) is 0.354. The van der Waals surface area contributed by atoms with Crippen molar-refractivity contribution < 1.29 is 20.1 Å². The number of fused-ring (bicyclic) bond motifs is 1. The van der Waals surface area contributed by atoms with Crippen LogP contribution < -0.4 is 0 Å². The van der Waals surface area contributed by atoms with E-state index < -0.39 is 12.1 Å². The second-order valence-corrected chi connectivity index (χ2v) is 7.96. The van der Waals surface area contributed by atoms with Crippen LogP contribution in [0, 0.1) is 17.8 Å². The first-order chi connectivity index (χ1) is 13.0. The van der Waals surface area contributed by atoms with E-state index in [9.17, 15) is 15.0 Å². The summed E-state index contributed by atoms with van der Waals surface area (Å²) in [5, 5.41) is 29.8. The summed E-state index contributed by atoms with van der Waals surface area (Å²) in [6, 6.07) is 10.2. The minimum absolute atomic E-state index is 0.157. The van der Waals surface area contributed by atoms with Crippen LogP contribution in [0.3, 0.4) is 0 Å². The fraction of sp³-hybridized carbons (Fsp3) is 0.522. The molecule has 0 saturated heterocycles. The molecular formula is C23H30O4. The number of unbranched alkanes of at least 4 members (excludes halogenated alkanes) is 1. The Labute approximate surface area is 161 Å². The maximum absolute atomic E-state index is 10.6. The Bertz CT molecular complexity index is 692. The van der Waals surface area contributed by atoms with Gasteiger partial charge in [0.1, 0.15) is 0 Å². The predicted octanol–water partition coefficient (Wildman–Crippen LogP) is 4.65. The Morgan fingerprint density at radius 2 is 1.89 bits per heavy atom. The molecule has 3 N–H and O–H groups in total. The minimum Gasteiger partial charge on any atom is -0.512 e. The van der Waals surface area contributed by atoms with Gasteiger partial charge in [-0.1, -0.05) is 42.0 Å². The highest BCUT2D eigenvalue weighted by molar-refractivity contribution is 5.66. The number of rotatable bonds is 8. The van der Waals surface area contributed by atoms with Crippen molar-refractivity contribution in [2.45, 2.75) is 57.5 Å². The molecule has 3 rings (SSSR count). The molecule has 1 aromatic rings. The standard InChI is InChI=1S/C23H30O4/c24-20(11-6-10-16-7-2-1-3-8-16)23-19-14-17(9-4-5-12-22(26)27)13-18(19)15-21(23)25/h1-3,7-9,11,18-19,21,23-25H,4-6,10,12-15H2,(H,26,27)/b17-9+,20-11+/t18-,19-,21+,23-/m0/s1. The number of aliphatic carboxylic acids is 1. The van der Waals surface area contributed by atoms with Gasteiger partial charge in [-0.3, -0.25) is 4.79 Å². The van der Waals surface area contributed by atoms with Gasteiger partial charge >= 0.3 is 5.97 Å². The van der Waals surface area contributed by atoms with Crippen molar-refractivity contribution in [2.75, 3.05) is 0 Å². The molecule has 4 nitrogen and oxygen atoms in total. The molecule has 0 amide bonds. The van der Waals surface area contributed by atoms with Gasteiger partial charge in [0.25, 0.3) is 0 Å². The van der Waals surface area contributed by atoms with Gasteiger partial charge in [-0.2, -0.15) is 0 Å². The maximum Gasteiger partial charge on any atom is 0.303 e. The van der Waals surface area contributed by atoms with Crippen LogP contribution in [0.5, 0.6) is 0 Å². The molecule has 2 aliphatic rings. The Morgan fingerprint density at radius 1 is 1.11 bits per heavy atom. The molecule has 0 aliphatic heterocycles. The lowest BCUT2D eigenvalue weighted by Gasteiger charge is -2.20. The molecule has 2 fully saturated rings. The van der Waals surface area contributed by atoms with Gasteiger partial charge in [0.15, 0.2) is 0 Å². The van der Waals surface area contributed by atoms with Gasteiger partial charge < -0.3 is 15.3 Å². The van der Waals surface area contributed by atoms with Gasteiger partial charge in [0.05, 0.1) is 11.9 Å². The normalized spacial score (nSPS) is 29.2. The van der Waals surface area contributed by atoms with E-state index >= 15 is 0 Å². The summed E-state index contributed by atoms with van der Waals surface area (Å²) >= 11 is 0. The second-order valence-electron chi connectivity index (χ2n) is 7.96. The predicted molar refractivity (Wildman–Crippen MR) is 105 cm³/mol. The molecule has 146 valence electrons. The number of aliphatic hydroxyl groups excluding tert-OH is 2. The van der Waals surface area contributed by atoms with Crippen molar-refractivity contribution in [3.8, 4) is 0 Å². The van der Waals surface area contributed by atoms with Crippen LogP contribution in [-0.2, 0) is 11.2 Å². The molecule has 4 heteroatoms. The number of allylic oxidation sites excluding steroid dienone is 3. The Kier molecular flexibility index (Phi) is 6.73. The topological polar surface area (TPSA) is 77.8 Å². The van der Waals surface area contributed by atoms with Crippen LogP contribution in [-0.4, -0.2) is 27.4 Å². The first-order valence-electron chi connectivity index (χ1n) is 10.0. The van der Waals surface area contributed by atoms with Gasteiger partial charge in [-0.05, 0) is 68.4 Å². The van der Waals surface area contributed by atoms with E-state index in [0.717, 1.165) is 38.5 Å². The van der Waals surface area contributed by atoms with Crippen molar-refractivity contribution in [1.82, 2.24) is 0 Å². The third kappa shape index (κ3) is 5.23. The van der Waals surface area contributed by atoms with E-state index in [2.05, 4.69) is 18.2 Å². The number of carbonyl (C=O) groups is 1. The third-order valence-electron chi connectivity index (χ3n) is 6.05. The summed E-state index contributed by atoms with van der Waals surface area (Å²) in [6.45, 7) is 0. The molecular weight excluding hydrogens is 340 g/mol. The summed E-state index contributed by atoms with van der Waals surface area (Å²) in [4.78, 5) is 10.6. The number of hydrogen-bond donors (Lipinski definition) is 3. The van der Waals surface area contributed by atoms with Crippen LogP contribution >= 0.6 is 0 Å². The third-order valence-corrected chi connectivity index (χ3v) is 6.05. The highest BCUT2D eigenvalue weighted by Crippen LogP contribution is 2.51. The van der Waals surface area contributed by atoms with Crippen LogP contribution in [0.15, 0.2) is 53.8 Å². The molecule has 0 aromatic heterocycles. The van der Waals surface area contributed by atoms with Crippen LogP contribution in [0.4, 0.5) is 0 Å². The average Bonchev–Trinajstić information content (AvgIpc) is 3.15. The van der Waals surface area contributed by atoms with Gasteiger partial charge in [-0.15, -0.1) is 0 Å². The number of benzene rings is 1. The lowest BCUT2D eigenvalue weighted by Crippen LogP contribution is -2.21. The van der Waals surface area contributed by atoms with E-state index in [1.165, 1.54) is 11.1 Å². The Hall–Kier alpha value is -2.07. The molecule has 2 aliphatic carbocycles. The number of hydrogen-bond acceptors (Lipinski definition) is 3. The van der Waals surface area contributed by atoms with E-state index in [0.29, 0.717) is 24.0 Å². The number of carboxylic acid groups (broad SMARTS) is 1. The highest BCUT2D eigenvalue weighted by Gasteiger charge is 2.47. The van der Waals surface area contributed by atoms with Crippen molar-refractivity contribution >= 4 is 5.97 Å². The number of aryl methyl sites for hydroxylation is 1. The molecule has 0 unspecified atom stereocenters. The molecule has 2 saturated carbocycles. The summed E-state index contributed by atoms with van der Waals surface area (Å²) < 4.78 is 0. The Morgan fingerprint density at radius 3 is 2.63 bits per heavy atom. The van der Waals surface area contributed by atoms with Gasteiger partial charge in [-0.25, -0.2) is 0 Å². The van der Waals surface area contributed by atoms with E-state index in [4.69, 9.17) is 5.11 Å². The SMILES string of the molecule is O=C(O)CCC/C=C1\C[C@H]2C[C@@H](O)[C@H](/C(O)=C\CCc3ccccc3)[C@H]2C1. The zero-order valence-corrected chi connectivity index (χ0v) is 15.8. The largest absolute Gasteiger partial charge is 0.512 e. The highest BCUT2D eigenvalue weighted by atomic mass is 16.4. The van der Waals surface area contributed by atoms with E-state index in [-0.39, 0.29) is 12.3 Å². The first kappa shape index (κ1) is 19.7. The molecule has 0 heterocycles. The molecule has 1 aromatic carbocycles. The summed E-state index contributed by atoms with van der Waals surface area (Å²) in [7, 11) is 0. The lowest BCUT2D eigenvalue weighted by molar-refractivity contribution is -0.137. The smallest absolute Gasteiger partial charge is 0.303 e. The van der Waals surface area contributed by atoms with Crippen LogP contribution in [0.2, 0.25) is 0 Å². The summed E-state index contributed by atoms with van der Waals surface area (Å²) in [5.74, 6) is 0.179. The fourth-order valence-corrected chi connectivity index (χ4v) is 4.77. The number of carboxylic acids is 1. The molecule has 0 bridgehead atoms. The maximum atomic E-state index is 10.6. The van der Waals surface area contributed by atoms with Crippen LogP contribution in [0.25, 0.3) is 0 Å². The van der Waals surface area contributed by atoms with Gasteiger partial charge in [0, 0.05) is 12.3 Å². The summed E-state index contributed by atoms with van der Waals surface area (Å²) in [5.41, 5.74) is 2.61. The Balaban J connectivity index is 1.55. The van der Waals surface area contributed by atoms with Crippen molar-refractivity contribution in [3.63, 3.8) is 0 Å². The minimum atomic E-state index is -0.745. The fourth-order valence-electron chi connectivity index (χ4n) is 4.77. The molecule has 27 heavy (non-hydrogen) atoms. The number of aliphatic hydroxyl groups is 2. The van der Waals surface area contributed by atoms with Crippen molar-refractivity contribution in [3.05, 3.63) is 59.4 Å². The average molecular weight is 370 g/mol. The van der Waals surface area contributed by atoms with Crippen LogP contribution in [0.1, 0.15) is 50.5 Å². The summed E-state index contributed by atoms with van der Waals surface area (Å²) in [6.07, 6.45) is 9.59. The zero-order valence-electron chi connectivity index (χ0n) is 15.8. The molecule has 0 radical (unpaired) electrons. The van der Waals surface area contributed by atoms with Crippen molar-refractivity contribution in [1.29, 1.82) is 0 Å². The molecule has 4 atom stereocenters. The first-order valence-corrected chi connectivity index (χ1v) is 10.0. The monoisotopic (exact) mass is 370 g/mol.